The maximum atomic E-state index is 14.3. The third kappa shape index (κ3) is 3.44. The highest BCUT2D eigenvalue weighted by atomic mass is 32.2. The molecule has 26 heavy (non-hydrogen) atoms. The lowest BCUT2D eigenvalue weighted by Crippen LogP contribution is -2.13. The quantitative estimate of drug-likeness (QED) is 0.772. The van der Waals surface area contributed by atoms with Gasteiger partial charge in [0, 0.05) is 18.1 Å². The van der Waals surface area contributed by atoms with Gasteiger partial charge < -0.3 is 4.74 Å². The Bertz CT molecular complexity index is 1020. The lowest BCUT2D eigenvalue weighted by atomic mass is 10.2. The number of hydrogen-bond donors (Lipinski definition) is 0. The van der Waals surface area contributed by atoms with Gasteiger partial charge in [-0.2, -0.15) is 10.4 Å². The van der Waals surface area contributed by atoms with Crippen LogP contribution < -0.4 is 4.74 Å². The van der Waals surface area contributed by atoms with Crippen LogP contribution in [0.25, 0.3) is 0 Å². The second-order valence-corrected chi connectivity index (χ2v) is 9.17. The first-order valence-electron chi connectivity index (χ1n) is 8.51. The molecule has 1 heterocycles. The van der Waals surface area contributed by atoms with Gasteiger partial charge in [0.05, 0.1) is 17.3 Å². The Morgan fingerprint density at radius 2 is 2.00 bits per heavy atom. The smallest absolute Gasteiger partial charge is 0.172 e. The molecule has 0 radical (unpaired) electrons. The van der Waals surface area contributed by atoms with Gasteiger partial charge in [0.1, 0.15) is 11.6 Å². The summed E-state index contributed by atoms with van der Waals surface area (Å²) in [5, 5.41) is 13.4. The molecule has 0 amide bonds. The Hall–Kier alpha value is -2.40. The van der Waals surface area contributed by atoms with E-state index in [9.17, 15) is 12.8 Å². The topological polar surface area (TPSA) is 85.0 Å². The summed E-state index contributed by atoms with van der Waals surface area (Å²) in [5.74, 6) is 0.0907. The fourth-order valence-electron chi connectivity index (χ4n) is 3.04. The number of aromatic nitrogens is 2. The Labute approximate surface area is 151 Å². The van der Waals surface area contributed by atoms with Crippen LogP contribution in [0.5, 0.6) is 11.5 Å². The number of nitrogens with zero attached hydrogens (tertiary/aromatic N) is 3. The maximum Gasteiger partial charge on any atom is 0.172 e. The van der Waals surface area contributed by atoms with Crippen molar-refractivity contribution in [2.24, 2.45) is 0 Å². The van der Waals surface area contributed by atoms with Gasteiger partial charge in [0.15, 0.2) is 27.2 Å². The predicted molar refractivity (Wildman–Crippen MR) is 92.2 cm³/mol. The first-order valence-corrected chi connectivity index (χ1v) is 10.6. The minimum Gasteiger partial charge on any atom is -0.450 e. The zero-order valence-electron chi connectivity index (χ0n) is 14.3. The number of sulfone groups is 1. The summed E-state index contributed by atoms with van der Waals surface area (Å²) in [5.41, 5.74) is 1.66. The molecule has 0 bridgehead atoms. The van der Waals surface area contributed by atoms with Crippen molar-refractivity contribution in [3.63, 3.8) is 0 Å². The third-order valence-electron chi connectivity index (χ3n) is 4.53. The number of halogens is 1. The monoisotopic (exact) mass is 375 g/mol. The maximum absolute atomic E-state index is 14.3. The molecule has 1 aromatic heterocycles. The molecule has 0 spiro atoms. The van der Waals surface area contributed by atoms with Crippen LogP contribution in [-0.4, -0.2) is 24.5 Å². The molecular weight excluding hydrogens is 357 g/mol. The zero-order valence-corrected chi connectivity index (χ0v) is 15.1. The summed E-state index contributed by atoms with van der Waals surface area (Å²) < 4.78 is 45.3. The lowest BCUT2D eigenvalue weighted by Gasteiger charge is -2.10. The summed E-state index contributed by atoms with van der Waals surface area (Å²) in [7, 11) is -3.27. The number of benzene rings is 1. The van der Waals surface area contributed by atoms with Crippen molar-refractivity contribution in [1.82, 2.24) is 9.78 Å². The number of rotatable bonds is 6. The normalized spacial score (nSPS) is 17.1. The van der Waals surface area contributed by atoms with Crippen LogP contribution >= 0.6 is 0 Å². The van der Waals surface area contributed by atoms with E-state index >= 15 is 0 Å². The SMILES string of the molecule is CS(=O)(=O)Cn1nc(C2CC2)c(Oc2ccc(C#N)cc2F)c1C1CC1. The first-order chi connectivity index (χ1) is 12.4. The highest BCUT2D eigenvalue weighted by Crippen LogP contribution is 2.52. The van der Waals surface area contributed by atoms with Gasteiger partial charge in [0.25, 0.3) is 0 Å². The Morgan fingerprint density at radius 3 is 2.54 bits per heavy atom. The molecule has 2 fully saturated rings. The Balaban J connectivity index is 1.78. The van der Waals surface area contributed by atoms with E-state index in [2.05, 4.69) is 5.10 Å². The van der Waals surface area contributed by atoms with Gasteiger partial charge in [-0.25, -0.2) is 17.5 Å². The number of ether oxygens (including phenoxy) is 1. The molecule has 2 aliphatic carbocycles. The number of nitriles is 1. The fourth-order valence-corrected chi connectivity index (χ4v) is 3.68. The molecule has 4 rings (SSSR count). The van der Waals surface area contributed by atoms with Gasteiger partial charge in [-0.1, -0.05) is 0 Å². The standard InChI is InChI=1S/C18H18FN3O3S/c1-26(23,24)10-22-17(13-5-6-13)18(16(21-22)12-3-4-12)25-15-7-2-11(9-20)8-14(15)19/h2,7-8,12-13H,3-6,10H2,1H3. The van der Waals surface area contributed by atoms with Gasteiger partial charge in [-0.05, 0) is 43.9 Å². The summed E-state index contributed by atoms with van der Waals surface area (Å²) in [4.78, 5) is 0. The molecule has 2 aromatic rings. The van der Waals surface area contributed by atoms with Crippen molar-refractivity contribution in [3.8, 4) is 17.6 Å². The molecule has 2 aliphatic rings. The molecule has 136 valence electrons. The van der Waals surface area contributed by atoms with Crippen LogP contribution in [0.4, 0.5) is 4.39 Å². The largest absolute Gasteiger partial charge is 0.450 e. The molecule has 0 saturated heterocycles. The molecule has 6 nitrogen and oxygen atoms in total. The van der Waals surface area contributed by atoms with E-state index in [1.54, 1.807) is 0 Å². The van der Waals surface area contributed by atoms with Crippen molar-refractivity contribution in [2.45, 2.75) is 43.4 Å². The van der Waals surface area contributed by atoms with Crippen molar-refractivity contribution in [2.75, 3.05) is 6.26 Å². The van der Waals surface area contributed by atoms with Crippen molar-refractivity contribution in [3.05, 3.63) is 41.0 Å². The predicted octanol–water partition coefficient (Wildman–Crippen LogP) is 3.44. The number of hydrogen-bond acceptors (Lipinski definition) is 5. The molecular formula is C18H18FN3O3S. The molecule has 1 aromatic carbocycles. The summed E-state index contributed by atoms with van der Waals surface area (Å²) in [6.45, 7) is 0. The Morgan fingerprint density at radius 1 is 1.31 bits per heavy atom. The molecule has 0 aliphatic heterocycles. The van der Waals surface area contributed by atoms with Gasteiger partial charge in [0.2, 0.25) is 0 Å². The second kappa shape index (κ2) is 6.09. The average Bonchev–Trinajstić information content (AvgIpc) is 3.47. The van der Waals surface area contributed by atoms with Crippen LogP contribution in [0.15, 0.2) is 18.2 Å². The highest BCUT2D eigenvalue weighted by molar-refractivity contribution is 7.89. The fraction of sp³-hybridized carbons (Fsp3) is 0.444. The van der Waals surface area contributed by atoms with Crippen molar-refractivity contribution in [1.29, 1.82) is 5.26 Å². The third-order valence-corrected chi connectivity index (χ3v) is 5.24. The van der Waals surface area contributed by atoms with Gasteiger partial charge in [-0.3, -0.25) is 0 Å². The van der Waals surface area contributed by atoms with E-state index in [-0.39, 0.29) is 29.0 Å². The van der Waals surface area contributed by atoms with Crippen molar-refractivity contribution < 1.29 is 17.5 Å². The van der Waals surface area contributed by atoms with Crippen molar-refractivity contribution >= 4 is 9.84 Å². The van der Waals surface area contributed by atoms with Crippen LogP contribution in [0.2, 0.25) is 0 Å². The summed E-state index contributed by atoms with van der Waals surface area (Å²) in [6, 6.07) is 5.94. The summed E-state index contributed by atoms with van der Waals surface area (Å²) >= 11 is 0. The van der Waals surface area contributed by atoms with Crippen LogP contribution in [0.1, 0.15) is 54.5 Å². The Kier molecular flexibility index (Phi) is 3.99. The molecule has 0 atom stereocenters. The van der Waals surface area contributed by atoms with E-state index < -0.39 is 15.7 Å². The first kappa shape index (κ1) is 17.0. The van der Waals surface area contributed by atoms with Crippen LogP contribution in [-0.2, 0) is 15.7 Å². The van der Waals surface area contributed by atoms with Gasteiger partial charge in [-0.15, -0.1) is 0 Å². The van der Waals surface area contributed by atoms with E-state index in [1.807, 2.05) is 6.07 Å². The molecule has 0 unspecified atom stereocenters. The minimum atomic E-state index is -3.27. The minimum absolute atomic E-state index is 0.0201. The lowest BCUT2D eigenvalue weighted by molar-refractivity contribution is 0.432. The van der Waals surface area contributed by atoms with Crippen LogP contribution in [0, 0.1) is 17.1 Å². The summed E-state index contributed by atoms with van der Waals surface area (Å²) in [6.07, 6.45) is 4.97. The second-order valence-electron chi connectivity index (χ2n) is 7.06. The molecule has 2 saturated carbocycles. The van der Waals surface area contributed by atoms with Crippen LogP contribution in [0.3, 0.4) is 0 Å². The van der Waals surface area contributed by atoms with E-state index in [0.717, 1.165) is 37.4 Å². The van der Waals surface area contributed by atoms with E-state index in [4.69, 9.17) is 10.00 Å². The van der Waals surface area contributed by atoms with E-state index in [0.29, 0.717) is 11.4 Å². The molecule has 8 heteroatoms. The highest BCUT2D eigenvalue weighted by Gasteiger charge is 2.39. The average molecular weight is 375 g/mol. The molecule has 0 N–H and O–H groups in total. The zero-order chi connectivity index (χ0) is 18.5. The van der Waals surface area contributed by atoms with E-state index in [1.165, 1.54) is 23.1 Å². The van der Waals surface area contributed by atoms with Gasteiger partial charge >= 0.3 is 0 Å².